The smallest absolute Gasteiger partial charge is 0.311 e. The highest BCUT2D eigenvalue weighted by Crippen LogP contribution is 2.23. The number of esters is 2. The number of halogens is 1. The number of hydrogen-bond acceptors (Lipinski definition) is 5. The van der Waals surface area contributed by atoms with Crippen LogP contribution in [-0.4, -0.2) is 44.1 Å². The summed E-state index contributed by atoms with van der Waals surface area (Å²) >= 11 is 5.86. The van der Waals surface area contributed by atoms with E-state index in [1.165, 1.54) is 0 Å². The first-order valence-electron chi connectivity index (χ1n) is 6.24. The van der Waals surface area contributed by atoms with Crippen molar-refractivity contribution in [3.05, 3.63) is 29.3 Å². The number of ether oxygens (including phenoxy) is 2. The quantitative estimate of drug-likeness (QED) is 0.570. The number of nitrogens with zero attached hydrogens (tertiary/aromatic N) is 1. The Labute approximate surface area is 123 Å². The van der Waals surface area contributed by atoms with Crippen LogP contribution in [0.4, 0.5) is 0 Å². The molecule has 0 N–H and O–H groups in total. The molecule has 20 heavy (non-hydrogen) atoms. The summed E-state index contributed by atoms with van der Waals surface area (Å²) in [6.45, 7) is 0.960. The summed E-state index contributed by atoms with van der Waals surface area (Å²) in [5, 5.41) is 0.356. The van der Waals surface area contributed by atoms with Crippen molar-refractivity contribution in [2.24, 2.45) is 0 Å². The van der Waals surface area contributed by atoms with Gasteiger partial charge in [0.25, 0.3) is 0 Å². The predicted molar refractivity (Wildman–Crippen MR) is 75.8 cm³/mol. The van der Waals surface area contributed by atoms with Gasteiger partial charge in [-0.15, -0.1) is 0 Å². The van der Waals surface area contributed by atoms with Gasteiger partial charge in [0, 0.05) is 6.54 Å². The van der Waals surface area contributed by atoms with Gasteiger partial charge in [-0.2, -0.15) is 0 Å². The second kappa shape index (κ2) is 8.55. The molecule has 0 radical (unpaired) electrons. The Bertz CT molecular complexity index is 462. The Morgan fingerprint density at radius 2 is 1.80 bits per heavy atom. The van der Waals surface area contributed by atoms with Crippen molar-refractivity contribution < 1.29 is 19.1 Å². The van der Waals surface area contributed by atoms with Crippen LogP contribution in [0.25, 0.3) is 0 Å². The SMILES string of the molecule is CN(C)CCOC(=O)CCC(=O)Oc1ccccc1Cl. The van der Waals surface area contributed by atoms with Crippen LogP contribution in [0.1, 0.15) is 12.8 Å². The van der Waals surface area contributed by atoms with Gasteiger partial charge in [-0.3, -0.25) is 9.59 Å². The number of carbonyl (C=O) groups excluding carboxylic acids is 2. The average Bonchev–Trinajstić information content (AvgIpc) is 2.39. The van der Waals surface area contributed by atoms with Gasteiger partial charge in [-0.1, -0.05) is 23.7 Å². The molecule has 1 aromatic carbocycles. The van der Waals surface area contributed by atoms with E-state index < -0.39 is 11.9 Å². The maximum absolute atomic E-state index is 11.6. The Morgan fingerprint density at radius 3 is 2.45 bits per heavy atom. The second-order valence-corrected chi connectivity index (χ2v) is 4.84. The molecule has 0 atom stereocenters. The molecule has 0 amide bonds. The van der Waals surface area contributed by atoms with Crippen LogP contribution in [-0.2, 0) is 14.3 Å². The summed E-state index contributed by atoms with van der Waals surface area (Å²) in [5.41, 5.74) is 0. The fraction of sp³-hybridized carbons (Fsp3) is 0.429. The average molecular weight is 300 g/mol. The van der Waals surface area contributed by atoms with E-state index in [-0.39, 0.29) is 12.8 Å². The highest BCUT2D eigenvalue weighted by molar-refractivity contribution is 6.32. The molecule has 6 heteroatoms. The van der Waals surface area contributed by atoms with Crippen LogP contribution < -0.4 is 4.74 Å². The van der Waals surface area contributed by atoms with E-state index in [1.54, 1.807) is 24.3 Å². The van der Waals surface area contributed by atoms with Crippen molar-refractivity contribution in [3.8, 4) is 5.75 Å². The first-order chi connectivity index (χ1) is 9.49. The minimum absolute atomic E-state index is 0.00326. The molecule has 0 unspecified atom stereocenters. The number of hydrogen-bond donors (Lipinski definition) is 0. The fourth-order valence-corrected chi connectivity index (χ4v) is 1.49. The lowest BCUT2D eigenvalue weighted by molar-refractivity contribution is -0.147. The molecule has 5 nitrogen and oxygen atoms in total. The van der Waals surface area contributed by atoms with Gasteiger partial charge in [0.1, 0.15) is 12.4 Å². The van der Waals surface area contributed by atoms with E-state index in [0.717, 1.165) is 0 Å². The molecule has 0 aliphatic heterocycles. The zero-order chi connectivity index (χ0) is 15.0. The molecule has 0 spiro atoms. The lowest BCUT2D eigenvalue weighted by atomic mass is 10.3. The largest absolute Gasteiger partial charge is 0.464 e. The molecule has 0 bridgehead atoms. The van der Waals surface area contributed by atoms with Gasteiger partial charge >= 0.3 is 11.9 Å². The van der Waals surface area contributed by atoms with Crippen LogP contribution in [0.2, 0.25) is 5.02 Å². The maximum Gasteiger partial charge on any atom is 0.311 e. The number of carbonyl (C=O) groups is 2. The number of para-hydroxylation sites is 1. The lowest BCUT2D eigenvalue weighted by Crippen LogP contribution is -2.20. The van der Waals surface area contributed by atoms with E-state index in [1.807, 2.05) is 19.0 Å². The lowest BCUT2D eigenvalue weighted by Gasteiger charge is -2.10. The van der Waals surface area contributed by atoms with Crippen LogP contribution >= 0.6 is 11.6 Å². The summed E-state index contributed by atoms with van der Waals surface area (Å²) in [4.78, 5) is 24.8. The van der Waals surface area contributed by atoms with Crippen molar-refractivity contribution >= 4 is 23.5 Å². The van der Waals surface area contributed by atoms with Gasteiger partial charge in [-0.05, 0) is 26.2 Å². The maximum atomic E-state index is 11.6. The molecule has 0 fully saturated rings. The normalized spacial score (nSPS) is 10.4. The Hall–Kier alpha value is -1.59. The standard InChI is InChI=1S/C14H18ClNO4/c1-16(2)9-10-19-13(17)7-8-14(18)20-12-6-4-3-5-11(12)15/h3-6H,7-10H2,1-2H3. The summed E-state index contributed by atoms with van der Waals surface area (Å²) in [5.74, 6) is -0.634. The molecule has 1 aromatic rings. The molecule has 110 valence electrons. The van der Waals surface area contributed by atoms with E-state index in [2.05, 4.69) is 0 Å². The van der Waals surface area contributed by atoms with Crippen LogP contribution in [0.5, 0.6) is 5.75 Å². The number of likely N-dealkylation sites (N-methyl/N-ethyl adjacent to an activating group) is 1. The van der Waals surface area contributed by atoms with Gasteiger partial charge < -0.3 is 14.4 Å². The summed E-state index contributed by atoms with van der Waals surface area (Å²) in [7, 11) is 3.77. The summed E-state index contributed by atoms with van der Waals surface area (Å²) in [6.07, 6.45) is -0.0390. The summed E-state index contributed by atoms with van der Waals surface area (Å²) in [6, 6.07) is 6.67. The van der Waals surface area contributed by atoms with Gasteiger partial charge in [0.2, 0.25) is 0 Å². The topological polar surface area (TPSA) is 55.8 Å². The highest BCUT2D eigenvalue weighted by atomic mass is 35.5. The van der Waals surface area contributed by atoms with E-state index in [0.29, 0.717) is 23.9 Å². The van der Waals surface area contributed by atoms with Crippen molar-refractivity contribution in [3.63, 3.8) is 0 Å². The minimum atomic E-state index is -0.511. The third-order valence-corrected chi connectivity index (χ3v) is 2.71. The Morgan fingerprint density at radius 1 is 1.15 bits per heavy atom. The van der Waals surface area contributed by atoms with Crippen LogP contribution in [0.15, 0.2) is 24.3 Å². The fourth-order valence-electron chi connectivity index (χ4n) is 1.32. The zero-order valence-electron chi connectivity index (χ0n) is 11.6. The molecular formula is C14H18ClNO4. The van der Waals surface area contributed by atoms with Crippen molar-refractivity contribution in [1.29, 1.82) is 0 Å². The molecule has 0 aliphatic carbocycles. The van der Waals surface area contributed by atoms with Crippen molar-refractivity contribution in [2.45, 2.75) is 12.8 Å². The monoisotopic (exact) mass is 299 g/mol. The zero-order valence-corrected chi connectivity index (χ0v) is 12.4. The predicted octanol–water partition coefficient (Wildman–Crippen LogP) is 2.13. The molecule has 0 aromatic heterocycles. The van der Waals surface area contributed by atoms with Crippen molar-refractivity contribution in [2.75, 3.05) is 27.2 Å². The van der Waals surface area contributed by atoms with E-state index >= 15 is 0 Å². The number of rotatable bonds is 7. The highest BCUT2D eigenvalue weighted by Gasteiger charge is 2.11. The Kier molecular flexibility index (Phi) is 7.04. The molecule has 0 heterocycles. The number of benzene rings is 1. The third-order valence-electron chi connectivity index (χ3n) is 2.40. The molecule has 1 rings (SSSR count). The van der Waals surface area contributed by atoms with Gasteiger partial charge in [0.15, 0.2) is 0 Å². The molecule has 0 saturated carbocycles. The molecule has 0 aliphatic rings. The van der Waals surface area contributed by atoms with Crippen LogP contribution in [0, 0.1) is 0 Å². The van der Waals surface area contributed by atoms with E-state index in [9.17, 15) is 9.59 Å². The molecular weight excluding hydrogens is 282 g/mol. The third kappa shape index (κ3) is 6.54. The van der Waals surface area contributed by atoms with Crippen LogP contribution in [0.3, 0.4) is 0 Å². The Balaban J connectivity index is 2.26. The minimum Gasteiger partial charge on any atom is -0.464 e. The van der Waals surface area contributed by atoms with Gasteiger partial charge in [0.05, 0.1) is 17.9 Å². The van der Waals surface area contributed by atoms with Crippen molar-refractivity contribution in [1.82, 2.24) is 4.90 Å². The second-order valence-electron chi connectivity index (χ2n) is 4.43. The first kappa shape index (κ1) is 16.5. The van der Waals surface area contributed by atoms with E-state index in [4.69, 9.17) is 21.1 Å². The summed E-state index contributed by atoms with van der Waals surface area (Å²) < 4.78 is 10.0. The van der Waals surface area contributed by atoms with Gasteiger partial charge in [-0.25, -0.2) is 0 Å². The first-order valence-corrected chi connectivity index (χ1v) is 6.62. The molecule has 0 saturated heterocycles.